The van der Waals surface area contributed by atoms with Crippen LogP contribution in [0.2, 0.25) is 0 Å². The van der Waals surface area contributed by atoms with E-state index in [0.29, 0.717) is 30.0 Å². The highest BCUT2D eigenvalue weighted by atomic mass is 16.7. The molecule has 0 saturated carbocycles. The number of hydrogen-bond donors (Lipinski definition) is 0. The van der Waals surface area contributed by atoms with E-state index in [1.54, 1.807) is 0 Å². The molecule has 2 aliphatic heterocycles. The summed E-state index contributed by atoms with van der Waals surface area (Å²) in [7, 11) is 0. The Labute approximate surface area is 98.4 Å². The van der Waals surface area contributed by atoms with Crippen molar-refractivity contribution in [2.45, 2.75) is 52.6 Å². The molecule has 0 amide bonds. The van der Waals surface area contributed by atoms with Crippen molar-refractivity contribution in [3.8, 4) is 0 Å². The summed E-state index contributed by atoms with van der Waals surface area (Å²) in [4.78, 5) is 0. The van der Waals surface area contributed by atoms with Gasteiger partial charge in [-0.05, 0) is 26.2 Å². The molecule has 0 radical (unpaired) electrons. The van der Waals surface area contributed by atoms with E-state index in [0.717, 1.165) is 13.2 Å². The quantitative estimate of drug-likeness (QED) is 0.690. The lowest BCUT2D eigenvalue weighted by Gasteiger charge is -2.43. The Morgan fingerprint density at radius 1 is 0.938 bits per heavy atom. The first-order valence-corrected chi connectivity index (χ1v) is 6.46. The summed E-state index contributed by atoms with van der Waals surface area (Å²) in [6.07, 6.45) is 1.75. The van der Waals surface area contributed by atoms with Crippen molar-refractivity contribution in [2.75, 3.05) is 13.2 Å². The summed E-state index contributed by atoms with van der Waals surface area (Å²) in [5.41, 5.74) is 0. The van der Waals surface area contributed by atoms with Crippen LogP contribution in [0.4, 0.5) is 0 Å². The molecule has 0 aromatic heterocycles. The van der Waals surface area contributed by atoms with Crippen molar-refractivity contribution < 1.29 is 14.2 Å². The van der Waals surface area contributed by atoms with E-state index < -0.39 is 0 Å². The smallest absolute Gasteiger partial charge is 0.155 e. The molecule has 2 heterocycles. The standard InChI is InChI=1S/C13H24O3/c1-8-5-12(10(3)14-6-8)13-9(2)7-15-11(4)16-13/h8-13H,5-7H2,1-4H3. The Morgan fingerprint density at radius 3 is 2.44 bits per heavy atom. The van der Waals surface area contributed by atoms with E-state index in [4.69, 9.17) is 14.2 Å². The molecule has 6 unspecified atom stereocenters. The summed E-state index contributed by atoms with van der Waals surface area (Å²) in [5.74, 6) is 1.64. The molecule has 94 valence electrons. The first-order valence-electron chi connectivity index (χ1n) is 6.46. The van der Waals surface area contributed by atoms with Gasteiger partial charge >= 0.3 is 0 Å². The van der Waals surface area contributed by atoms with Crippen LogP contribution in [-0.2, 0) is 14.2 Å². The zero-order chi connectivity index (χ0) is 11.7. The second-order valence-corrected chi connectivity index (χ2v) is 5.52. The maximum Gasteiger partial charge on any atom is 0.155 e. The van der Waals surface area contributed by atoms with Gasteiger partial charge in [-0.1, -0.05) is 13.8 Å². The molecule has 2 saturated heterocycles. The van der Waals surface area contributed by atoms with Gasteiger partial charge in [0.05, 0.1) is 18.8 Å². The minimum absolute atomic E-state index is 0.0642. The second-order valence-electron chi connectivity index (χ2n) is 5.52. The van der Waals surface area contributed by atoms with Gasteiger partial charge in [-0.15, -0.1) is 0 Å². The van der Waals surface area contributed by atoms with Crippen molar-refractivity contribution in [2.24, 2.45) is 17.8 Å². The molecule has 2 fully saturated rings. The maximum atomic E-state index is 5.95. The minimum atomic E-state index is -0.0642. The van der Waals surface area contributed by atoms with Crippen LogP contribution in [0.15, 0.2) is 0 Å². The Balaban J connectivity index is 2.02. The molecule has 16 heavy (non-hydrogen) atoms. The molecular weight excluding hydrogens is 204 g/mol. The van der Waals surface area contributed by atoms with E-state index >= 15 is 0 Å². The maximum absolute atomic E-state index is 5.95. The molecule has 0 aliphatic carbocycles. The number of rotatable bonds is 1. The van der Waals surface area contributed by atoms with Gasteiger partial charge in [0.25, 0.3) is 0 Å². The van der Waals surface area contributed by atoms with E-state index in [1.807, 2.05) is 6.92 Å². The van der Waals surface area contributed by atoms with Gasteiger partial charge in [0, 0.05) is 18.4 Å². The first-order chi connectivity index (χ1) is 7.58. The molecule has 3 heteroatoms. The molecular formula is C13H24O3. The van der Waals surface area contributed by atoms with Crippen LogP contribution in [0, 0.1) is 17.8 Å². The fraction of sp³-hybridized carbons (Fsp3) is 1.00. The van der Waals surface area contributed by atoms with Crippen LogP contribution in [0.5, 0.6) is 0 Å². The zero-order valence-corrected chi connectivity index (χ0v) is 10.8. The zero-order valence-electron chi connectivity index (χ0n) is 10.8. The van der Waals surface area contributed by atoms with Crippen LogP contribution in [0.25, 0.3) is 0 Å². The summed E-state index contributed by atoms with van der Waals surface area (Å²) in [6.45, 7) is 10.3. The van der Waals surface area contributed by atoms with E-state index in [-0.39, 0.29) is 6.29 Å². The third-order valence-electron chi connectivity index (χ3n) is 3.85. The van der Waals surface area contributed by atoms with Gasteiger partial charge in [0.1, 0.15) is 0 Å². The molecule has 0 aromatic carbocycles. The summed E-state index contributed by atoms with van der Waals surface area (Å²) >= 11 is 0. The van der Waals surface area contributed by atoms with Gasteiger partial charge < -0.3 is 14.2 Å². The van der Waals surface area contributed by atoms with Crippen LogP contribution < -0.4 is 0 Å². The van der Waals surface area contributed by atoms with E-state index in [2.05, 4.69) is 20.8 Å². The molecule has 0 N–H and O–H groups in total. The highest BCUT2D eigenvalue weighted by molar-refractivity contribution is 4.85. The predicted molar refractivity (Wildman–Crippen MR) is 62.1 cm³/mol. The third-order valence-corrected chi connectivity index (χ3v) is 3.85. The Kier molecular flexibility index (Phi) is 3.88. The van der Waals surface area contributed by atoms with E-state index in [9.17, 15) is 0 Å². The van der Waals surface area contributed by atoms with Crippen molar-refractivity contribution in [3.05, 3.63) is 0 Å². The van der Waals surface area contributed by atoms with Crippen LogP contribution in [0.1, 0.15) is 34.1 Å². The Hall–Kier alpha value is -0.120. The highest BCUT2D eigenvalue weighted by Crippen LogP contribution is 2.34. The van der Waals surface area contributed by atoms with Gasteiger partial charge in [-0.2, -0.15) is 0 Å². The lowest BCUT2D eigenvalue weighted by Crippen LogP contribution is -2.48. The highest BCUT2D eigenvalue weighted by Gasteiger charge is 2.39. The average molecular weight is 228 g/mol. The topological polar surface area (TPSA) is 27.7 Å². The van der Waals surface area contributed by atoms with Crippen LogP contribution in [-0.4, -0.2) is 31.7 Å². The molecule has 0 aromatic rings. The molecule has 3 nitrogen and oxygen atoms in total. The van der Waals surface area contributed by atoms with Crippen LogP contribution >= 0.6 is 0 Å². The fourth-order valence-corrected chi connectivity index (χ4v) is 2.86. The average Bonchev–Trinajstić information content (AvgIpc) is 2.25. The number of hydrogen-bond acceptors (Lipinski definition) is 3. The largest absolute Gasteiger partial charge is 0.378 e. The first kappa shape index (κ1) is 12.3. The Bertz CT molecular complexity index is 207. The second kappa shape index (κ2) is 5.03. The van der Waals surface area contributed by atoms with Gasteiger partial charge in [-0.3, -0.25) is 0 Å². The summed E-state index contributed by atoms with van der Waals surface area (Å²) in [6, 6.07) is 0. The molecule has 2 aliphatic rings. The molecule has 6 atom stereocenters. The Morgan fingerprint density at radius 2 is 1.69 bits per heavy atom. The SMILES string of the molecule is CC1COC(C)C(C2OC(C)OCC2C)C1. The monoisotopic (exact) mass is 228 g/mol. The van der Waals surface area contributed by atoms with Crippen molar-refractivity contribution in [1.82, 2.24) is 0 Å². The van der Waals surface area contributed by atoms with Crippen molar-refractivity contribution in [1.29, 1.82) is 0 Å². The van der Waals surface area contributed by atoms with Gasteiger partial charge in [0.15, 0.2) is 6.29 Å². The normalized spacial score (nSPS) is 50.2. The van der Waals surface area contributed by atoms with Gasteiger partial charge in [-0.25, -0.2) is 0 Å². The van der Waals surface area contributed by atoms with E-state index in [1.165, 1.54) is 6.42 Å². The lowest BCUT2D eigenvalue weighted by molar-refractivity contribution is -0.252. The predicted octanol–water partition coefficient (Wildman–Crippen LogP) is 2.45. The van der Waals surface area contributed by atoms with Crippen LogP contribution in [0.3, 0.4) is 0 Å². The van der Waals surface area contributed by atoms with Gasteiger partial charge in [0.2, 0.25) is 0 Å². The summed E-state index contributed by atoms with van der Waals surface area (Å²) < 4.78 is 17.3. The molecule has 0 spiro atoms. The van der Waals surface area contributed by atoms with Crippen molar-refractivity contribution in [3.63, 3.8) is 0 Å². The fourth-order valence-electron chi connectivity index (χ4n) is 2.86. The third kappa shape index (κ3) is 2.58. The van der Waals surface area contributed by atoms with Crippen molar-refractivity contribution >= 4 is 0 Å². The molecule has 0 bridgehead atoms. The minimum Gasteiger partial charge on any atom is -0.378 e. The summed E-state index contributed by atoms with van der Waals surface area (Å²) in [5, 5.41) is 0. The molecule has 2 rings (SSSR count). The lowest BCUT2D eigenvalue weighted by atomic mass is 9.80. The number of ether oxygens (including phenoxy) is 3.